The summed E-state index contributed by atoms with van der Waals surface area (Å²) >= 11 is 0. The molecule has 0 spiro atoms. The molecule has 6 nitrogen and oxygen atoms in total. The van der Waals surface area contributed by atoms with Crippen LogP contribution in [0.2, 0.25) is 0 Å². The number of halogens is 3. The summed E-state index contributed by atoms with van der Waals surface area (Å²) in [5.74, 6) is -0.726. The molecule has 0 saturated carbocycles. The van der Waals surface area contributed by atoms with Gasteiger partial charge in [-0.2, -0.15) is 18.3 Å². The highest BCUT2D eigenvalue weighted by Crippen LogP contribution is 2.32. The van der Waals surface area contributed by atoms with Crippen molar-refractivity contribution in [2.24, 2.45) is 7.05 Å². The van der Waals surface area contributed by atoms with Crippen molar-refractivity contribution in [1.29, 1.82) is 0 Å². The number of carbonyl (C=O) groups excluding carboxylic acids is 1. The minimum absolute atomic E-state index is 0.437. The van der Waals surface area contributed by atoms with Crippen molar-refractivity contribution in [3.63, 3.8) is 0 Å². The first-order chi connectivity index (χ1) is 13.4. The number of fused-ring (bicyclic) bond motifs is 1. The summed E-state index contributed by atoms with van der Waals surface area (Å²) in [6.45, 7) is 1.08. The highest BCUT2D eigenvalue weighted by atomic mass is 32.2. The van der Waals surface area contributed by atoms with Crippen LogP contribution >= 0.6 is 0 Å². The zero-order valence-electron chi connectivity index (χ0n) is 15.4. The Hall–Kier alpha value is -3.14. The number of hydrogen-bond acceptors (Lipinski definition) is 4. The third kappa shape index (κ3) is 4.83. The molecule has 0 saturated heterocycles. The molecule has 2 aromatic carbocycles. The van der Waals surface area contributed by atoms with E-state index in [1.165, 1.54) is 18.2 Å². The summed E-state index contributed by atoms with van der Waals surface area (Å²) in [7, 11) is -2.29. The number of amides is 1. The van der Waals surface area contributed by atoms with Crippen molar-refractivity contribution in [2.75, 3.05) is 0 Å². The molecule has 10 heteroatoms. The lowest BCUT2D eigenvalue weighted by Gasteiger charge is -2.09. The van der Waals surface area contributed by atoms with Crippen LogP contribution in [0.5, 0.6) is 0 Å². The van der Waals surface area contributed by atoms with Crippen molar-refractivity contribution in [2.45, 2.75) is 13.1 Å². The van der Waals surface area contributed by atoms with E-state index in [4.69, 9.17) is 0 Å². The third-order valence-electron chi connectivity index (χ3n) is 4.01. The molecule has 0 aliphatic carbocycles. The van der Waals surface area contributed by atoms with Crippen molar-refractivity contribution in [3.8, 4) is 11.1 Å². The molecule has 3 rings (SSSR count). The lowest BCUT2D eigenvalue weighted by Crippen LogP contribution is -2.25. The molecule has 3 aromatic rings. The summed E-state index contributed by atoms with van der Waals surface area (Å²) in [6.07, 6.45) is -1.44. The number of benzene rings is 2. The predicted molar refractivity (Wildman–Crippen MR) is 103 cm³/mol. The zero-order chi connectivity index (χ0) is 21.4. The van der Waals surface area contributed by atoms with Gasteiger partial charge in [-0.25, -0.2) is 13.1 Å². The summed E-state index contributed by atoms with van der Waals surface area (Å²) < 4.78 is 65.5. The molecule has 1 aromatic heterocycles. The van der Waals surface area contributed by atoms with E-state index >= 15 is 0 Å². The molecule has 0 aliphatic heterocycles. The summed E-state index contributed by atoms with van der Waals surface area (Å²) in [6, 6.07) is 8.05. The van der Waals surface area contributed by atoms with Crippen LogP contribution in [0.25, 0.3) is 28.1 Å². The standard InChI is InChI=1S/C19H16F3N3O3S/c1-12(26)24-29(27,28)8-7-14-9-15(10-16-11-25(2)23-18(14)16)13-3-5-17(6-4-13)19(20,21)22/h3-11H,1-2H3,(H,24,26)/b8-7+. The first-order valence-corrected chi connectivity index (χ1v) is 9.86. The first-order valence-electron chi connectivity index (χ1n) is 8.31. The van der Waals surface area contributed by atoms with Crippen LogP contribution in [-0.4, -0.2) is 24.1 Å². The maximum atomic E-state index is 12.8. The van der Waals surface area contributed by atoms with Crippen molar-refractivity contribution in [1.82, 2.24) is 14.5 Å². The zero-order valence-corrected chi connectivity index (χ0v) is 16.2. The molecule has 0 aliphatic rings. The van der Waals surface area contributed by atoms with E-state index in [2.05, 4.69) is 5.10 Å². The normalized spacial score (nSPS) is 12.6. The maximum Gasteiger partial charge on any atom is 0.416 e. The van der Waals surface area contributed by atoms with Gasteiger partial charge in [0.15, 0.2) is 0 Å². The second-order valence-electron chi connectivity index (χ2n) is 6.39. The molecule has 0 unspecified atom stereocenters. The second-order valence-corrected chi connectivity index (χ2v) is 7.95. The SMILES string of the molecule is CC(=O)NS(=O)(=O)/C=C/c1cc(-c2ccc(C(F)(F)F)cc2)cc2cn(C)nc12. The van der Waals surface area contributed by atoms with Gasteiger partial charge in [0.25, 0.3) is 10.0 Å². The molecular formula is C19H16F3N3O3S. The Kier molecular flexibility index (Phi) is 5.22. The van der Waals surface area contributed by atoms with Gasteiger partial charge in [0.05, 0.1) is 16.5 Å². The molecule has 1 amide bonds. The van der Waals surface area contributed by atoms with Crippen LogP contribution in [0.1, 0.15) is 18.1 Å². The molecular weight excluding hydrogens is 407 g/mol. The van der Waals surface area contributed by atoms with Gasteiger partial charge in [0.2, 0.25) is 5.91 Å². The number of alkyl halides is 3. The summed E-state index contributed by atoms with van der Waals surface area (Å²) in [5, 5.41) is 5.81. The quantitative estimate of drug-likeness (QED) is 0.694. The van der Waals surface area contributed by atoms with E-state index in [0.717, 1.165) is 24.5 Å². The Balaban J connectivity index is 2.08. The monoisotopic (exact) mass is 423 g/mol. The number of sulfonamides is 1. The van der Waals surface area contributed by atoms with Crippen LogP contribution in [-0.2, 0) is 28.0 Å². The van der Waals surface area contributed by atoms with E-state index < -0.39 is 27.7 Å². The first kappa shape index (κ1) is 20.6. The van der Waals surface area contributed by atoms with E-state index in [0.29, 0.717) is 27.6 Å². The molecule has 1 N–H and O–H groups in total. The number of carbonyl (C=O) groups is 1. The Morgan fingerprint density at radius 2 is 1.79 bits per heavy atom. The van der Waals surface area contributed by atoms with Crippen LogP contribution in [0, 0.1) is 0 Å². The predicted octanol–water partition coefficient (Wildman–Crippen LogP) is 3.70. The van der Waals surface area contributed by atoms with Gasteiger partial charge in [-0.15, -0.1) is 0 Å². The van der Waals surface area contributed by atoms with E-state index in [-0.39, 0.29) is 0 Å². The minimum atomic E-state index is -4.43. The lowest BCUT2D eigenvalue weighted by molar-refractivity contribution is -0.137. The number of aromatic nitrogens is 2. The fourth-order valence-corrected chi connectivity index (χ4v) is 3.62. The maximum absolute atomic E-state index is 12.8. The fraction of sp³-hybridized carbons (Fsp3) is 0.158. The molecule has 29 heavy (non-hydrogen) atoms. The van der Waals surface area contributed by atoms with E-state index in [1.54, 1.807) is 30.1 Å². The molecule has 0 bridgehead atoms. The number of nitrogens with one attached hydrogen (secondary N) is 1. The van der Waals surface area contributed by atoms with E-state index in [1.807, 2.05) is 4.72 Å². The van der Waals surface area contributed by atoms with Crippen molar-refractivity contribution < 1.29 is 26.4 Å². The third-order valence-corrected chi connectivity index (χ3v) is 5.08. The average molecular weight is 423 g/mol. The molecule has 1 heterocycles. The van der Waals surface area contributed by atoms with Crippen LogP contribution < -0.4 is 4.72 Å². The van der Waals surface area contributed by atoms with Crippen molar-refractivity contribution in [3.05, 3.63) is 59.1 Å². The Morgan fingerprint density at radius 3 is 2.38 bits per heavy atom. The summed E-state index contributed by atoms with van der Waals surface area (Å²) in [4.78, 5) is 11.0. The highest BCUT2D eigenvalue weighted by Gasteiger charge is 2.30. The molecule has 0 atom stereocenters. The molecule has 0 radical (unpaired) electrons. The van der Waals surface area contributed by atoms with Crippen molar-refractivity contribution >= 4 is 32.9 Å². The van der Waals surface area contributed by atoms with Gasteiger partial charge < -0.3 is 0 Å². The lowest BCUT2D eigenvalue weighted by atomic mass is 9.99. The average Bonchev–Trinajstić information content (AvgIpc) is 2.98. The van der Waals surface area contributed by atoms with Crippen LogP contribution in [0.3, 0.4) is 0 Å². The van der Waals surface area contributed by atoms with E-state index in [9.17, 15) is 26.4 Å². The highest BCUT2D eigenvalue weighted by molar-refractivity contribution is 7.93. The molecule has 0 fully saturated rings. The van der Waals surface area contributed by atoms with Gasteiger partial charge in [-0.05, 0) is 41.5 Å². The van der Waals surface area contributed by atoms with Crippen LogP contribution in [0.15, 0.2) is 48.0 Å². The number of rotatable bonds is 4. The van der Waals surface area contributed by atoms with Gasteiger partial charge in [0, 0.05) is 31.1 Å². The number of nitrogens with zero attached hydrogens (tertiary/aromatic N) is 2. The number of hydrogen-bond donors (Lipinski definition) is 1. The topological polar surface area (TPSA) is 81.1 Å². The Bertz CT molecular complexity index is 1210. The smallest absolute Gasteiger partial charge is 0.275 e. The van der Waals surface area contributed by atoms with Gasteiger partial charge in [-0.3, -0.25) is 9.48 Å². The number of aryl methyl sites for hydroxylation is 1. The largest absolute Gasteiger partial charge is 0.416 e. The second kappa shape index (κ2) is 7.36. The fourth-order valence-electron chi connectivity index (χ4n) is 2.82. The van der Waals surface area contributed by atoms with Crippen LogP contribution in [0.4, 0.5) is 13.2 Å². The molecule has 152 valence electrons. The van der Waals surface area contributed by atoms with Gasteiger partial charge in [-0.1, -0.05) is 12.1 Å². The van der Waals surface area contributed by atoms with Gasteiger partial charge >= 0.3 is 6.18 Å². The Morgan fingerprint density at radius 1 is 1.14 bits per heavy atom. The minimum Gasteiger partial charge on any atom is -0.275 e. The van der Waals surface area contributed by atoms with Gasteiger partial charge in [0.1, 0.15) is 0 Å². The Labute approximate surface area is 164 Å². The summed E-state index contributed by atoms with van der Waals surface area (Å²) in [5.41, 5.74) is 1.31.